The Morgan fingerprint density at radius 1 is 1.10 bits per heavy atom. The molecule has 3 nitrogen and oxygen atoms in total. The smallest absolute Gasteiger partial charge is 0.254 e. The zero-order valence-corrected chi connectivity index (χ0v) is 12.2. The van der Waals surface area contributed by atoms with Crippen LogP contribution >= 0.6 is 0 Å². The van der Waals surface area contributed by atoms with E-state index in [-0.39, 0.29) is 5.91 Å². The molecule has 20 heavy (non-hydrogen) atoms. The van der Waals surface area contributed by atoms with Gasteiger partial charge in [-0.3, -0.25) is 4.79 Å². The van der Waals surface area contributed by atoms with Crippen LogP contribution in [0.3, 0.4) is 0 Å². The van der Waals surface area contributed by atoms with Gasteiger partial charge in [0, 0.05) is 24.8 Å². The van der Waals surface area contributed by atoms with Crippen LogP contribution in [0.25, 0.3) is 0 Å². The summed E-state index contributed by atoms with van der Waals surface area (Å²) in [5.74, 6) is 0.0167. The molecule has 0 saturated heterocycles. The number of nitrogens with zero attached hydrogens (tertiary/aromatic N) is 1. The Bertz CT molecular complexity index is 617. The van der Waals surface area contributed by atoms with E-state index in [0.717, 1.165) is 11.1 Å². The molecule has 0 aliphatic rings. The van der Waals surface area contributed by atoms with Gasteiger partial charge in [-0.1, -0.05) is 29.8 Å². The van der Waals surface area contributed by atoms with Crippen LogP contribution in [-0.2, 0) is 6.54 Å². The molecule has 0 fully saturated rings. The normalized spacial score (nSPS) is 10.3. The van der Waals surface area contributed by atoms with E-state index in [0.29, 0.717) is 17.8 Å². The number of hydrogen-bond donors (Lipinski definition) is 1. The van der Waals surface area contributed by atoms with Crippen molar-refractivity contribution in [2.45, 2.75) is 20.4 Å². The van der Waals surface area contributed by atoms with Gasteiger partial charge in [0.15, 0.2) is 0 Å². The highest BCUT2D eigenvalue weighted by Gasteiger charge is 2.14. The van der Waals surface area contributed by atoms with E-state index in [2.05, 4.69) is 31.2 Å². The van der Waals surface area contributed by atoms with Gasteiger partial charge in [0.05, 0.1) is 0 Å². The highest BCUT2D eigenvalue weighted by Crippen LogP contribution is 2.15. The van der Waals surface area contributed by atoms with Crippen molar-refractivity contribution in [1.82, 2.24) is 4.90 Å². The van der Waals surface area contributed by atoms with Gasteiger partial charge in [-0.25, -0.2) is 0 Å². The molecule has 0 spiro atoms. The second-order valence-corrected chi connectivity index (χ2v) is 5.22. The number of hydrogen-bond acceptors (Lipinski definition) is 2. The number of nitrogen functional groups attached to an aromatic ring is 1. The number of benzene rings is 2. The second-order valence-electron chi connectivity index (χ2n) is 5.22. The fraction of sp³-hybridized carbons (Fsp3) is 0.235. The quantitative estimate of drug-likeness (QED) is 0.869. The maximum atomic E-state index is 12.4. The molecule has 2 aromatic carbocycles. The van der Waals surface area contributed by atoms with E-state index in [9.17, 15) is 4.79 Å². The van der Waals surface area contributed by atoms with E-state index in [4.69, 9.17) is 5.73 Å². The first-order valence-electron chi connectivity index (χ1n) is 6.64. The zero-order valence-electron chi connectivity index (χ0n) is 12.2. The predicted octanol–water partition coefficient (Wildman–Crippen LogP) is 3.16. The number of rotatable bonds is 3. The van der Waals surface area contributed by atoms with E-state index in [1.807, 2.05) is 20.0 Å². The fourth-order valence-corrected chi connectivity index (χ4v) is 2.17. The molecule has 104 valence electrons. The topological polar surface area (TPSA) is 46.3 Å². The number of nitrogens with two attached hydrogens (primary N) is 1. The molecule has 0 aliphatic carbocycles. The van der Waals surface area contributed by atoms with Crippen LogP contribution in [0.1, 0.15) is 27.0 Å². The first-order chi connectivity index (χ1) is 9.47. The standard InChI is InChI=1S/C17H20N2O/c1-12-4-6-14(7-5-12)11-19(3)17(20)16-9-8-15(18)10-13(16)2/h4-10H,11,18H2,1-3H3. The minimum absolute atomic E-state index is 0.0167. The van der Waals surface area contributed by atoms with Crippen LogP contribution < -0.4 is 5.73 Å². The monoisotopic (exact) mass is 268 g/mol. The maximum Gasteiger partial charge on any atom is 0.254 e. The van der Waals surface area contributed by atoms with E-state index in [1.54, 1.807) is 17.0 Å². The summed E-state index contributed by atoms with van der Waals surface area (Å²) < 4.78 is 0. The lowest BCUT2D eigenvalue weighted by atomic mass is 10.1. The van der Waals surface area contributed by atoms with Gasteiger partial charge in [0.25, 0.3) is 5.91 Å². The van der Waals surface area contributed by atoms with Crippen molar-refractivity contribution in [2.75, 3.05) is 12.8 Å². The molecule has 2 aromatic rings. The van der Waals surface area contributed by atoms with Crippen molar-refractivity contribution in [1.29, 1.82) is 0 Å². The summed E-state index contributed by atoms with van der Waals surface area (Å²) in [5, 5.41) is 0. The van der Waals surface area contributed by atoms with Gasteiger partial charge in [-0.2, -0.15) is 0 Å². The molecule has 1 amide bonds. The molecule has 2 N–H and O–H groups in total. The third-order valence-electron chi connectivity index (χ3n) is 3.37. The van der Waals surface area contributed by atoms with Crippen molar-refractivity contribution in [3.63, 3.8) is 0 Å². The molecule has 0 unspecified atom stereocenters. The number of aryl methyl sites for hydroxylation is 2. The molecule has 2 rings (SSSR count). The zero-order chi connectivity index (χ0) is 14.7. The lowest BCUT2D eigenvalue weighted by molar-refractivity contribution is 0.0784. The molecule has 0 heterocycles. The van der Waals surface area contributed by atoms with Crippen LogP contribution in [0, 0.1) is 13.8 Å². The summed E-state index contributed by atoms with van der Waals surface area (Å²) in [6.45, 7) is 4.56. The van der Waals surface area contributed by atoms with Gasteiger partial charge >= 0.3 is 0 Å². The largest absolute Gasteiger partial charge is 0.399 e. The summed E-state index contributed by atoms with van der Waals surface area (Å²) >= 11 is 0. The number of anilines is 1. The Labute approximate surface area is 120 Å². The number of amides is 1. The minimum atomic E-state index is 0.0167. The van der Waals surface area contributed by atoms with Crippen LogP contribution in [0.4, 0.5) is 5.69 Å². The molecule has 3 heteroatoms. The molecule has 0 aromatic heterocycles. The van der Waals surface area contributed by atoms with Crippen molar-refractivity contribution in [2.24, 2.45) is 0 Å². The Morgan fingerprint density at radius 2 is 1.75 bits per heavy atom. The van der Waals surface area contributed by atoms with Gasteiger partial charge < -0.3 is 10.6 Å². The van der Waals surface area contributed by atoms with E-state index >= 15 is 0 Å². The Morgan fingerprint density at radius 3 is 2.35 bits per heavy atom. The Hall–Kier alpha value is -2.29. The van der Waals surface area contributed by atoms with Crippen LogP contribution in [0.5, 0.6) is 0 Å². The summed E-state index contributed by atoms with van der Waals surface area (Å²) in [7, 11) is 1.82. The maximum absolute atomic E-state index is 12.4. The first-order valence-corrected chi connectivity index (χ1v) is 6.64. The average molecular weight is 268 g/mol. The molecule has 0 radical (unpaired) electrons. The minimum Gasteiger partial charge on any atom is -0.399 e. The summed E-state index contributed by atoms with van der Waals surface area (Å²) in [6.07, 6.45) is 0. The lowest BCUT2D eigenvalue weighted by Gasteiger charge is -2.18. The molecule has 0 saturated carbocycles. The number of carbonyl (C=O) groups is 1. The van der Waals surface area contributed by atoms with Crippen molar-refractivity contribution >= 4 is 11.6 Å². The highest BCUT2D eigenvalue weighted by atomic mass is 16.2. The molecule has 0 bridgehead atoms. The SMILES string of the molecule is Cc1ccc(CN(C)C(=O)c2ccc(N)cc2C)cc1. The molecule has 0 aliphatic heterocycles. The van der Waals surface area contributed by atoms with Gasteiger partial charge in [-0.15, -0.1) is 0 Å². The molecular formula is C17H20N2O. The average Bonchev–Trinajstić information content (AvgIpc) is 2.40. The summed E-state index contributed by atoms with van der Waals surface area (Å²) in [5.41, 5.74) is 10.4. The first kappa shape index (κ1) is 14.1. The van der Waals surface area contributed by atoms with Gasteiger partial charge in [0.2, 0.25) is 0 Å². The third kappa shape index (κ3) is 3.18. The number of carbonyl (C=O) groups excluding carboxylic acids is 1. The van der Waals surface area contributed by atoms with Crippen LogP contribution in [-0.4, -0.2) is 17.9 Å². The molecular weight excluding hydrogens is 248 g/mol. The highest BCUT2D eigenvalue weighted by molar-refractivity contribution is 5.95. The summed E-state index contributed by atoms with van der Waals surface area (Å²) in [6, 6.07) is 13.6. The Kier molecular flexibility index (Phi) is 4.08. The Balaban J connectivity index is 2.14. The predicted molar refractivity (Wildman–Crippen MR) is 82.6 cm³/mol. The van der Waals surface area contributed by atoms with Crippen LogP contribution in [0.2, 0.25) is 0 Å². The fourth-order valence-electron chi connectivity index (χ4n) is 2.17. The van der Waals surface area contributed by atoms with E-state index in [1.165, 1.54) is 5.56 Å². The molecule has 0 atom stereocenters. The van der Waals surface area contributed by atoms with Crippen molar-refractivity contribution in [3.05, 3.63) is 64.7 Å². The second kappa shape index (κ2) is 5.78. The van der Waals surface area contributed by atoms with Gasteiger partial charge in [0.1, 0.15) is 0 Å². The van der Waals surface area contributed by atoms with Crippen LogP contribution in [0.15, 0.2) is 42.5 Å². The summed E-state index contributed by atoms with van der Waals surface area (Å²) in [4.78, 5) is 14.2. The third-order valence-corrected chi connectivity index (χ3v) is 3.37. The van der Waals surface area contributed by atoms with E-state index < -0.39 is 0 Å². The van der Waals surface area contributed by atoms with Crippen molar-refractivity contribution in [3.8, 4) is 0 Å². The lowest BCUT2D eigenvalue weighted by Crippen LogP contribution is -2.26. The van der Waals surface area contributed by atoms with Crippen molar-refractivity contribution < 1.29 is 4.79 Å². The van der Waals surface area contributed by atoms with Gasteiger partial charge in [-0.05, 0) is 43.2 Å².